The minimum absolute atomic E-state index is 0.0204. The highest BCUT2D eigenvalue weighted by molar-refractivity contribution is 7.09. The number of nitro benzene ring substituents is 1. The summed E-state index contributed by atoms with van der Waals surface area (Å²) >= 11 is 1.59. The van der Waals surface area contributed by atoms with Gasteiger partial charge in [-0.15, -0.1) is 11.3 Å². The van der Waals surface area contributed by atoms with Gasteiger partial charge in [-0.3, -0.25) is 19.9 Å². The van der Waals surface area contributed by atoms with Crippen LogP contribution in [-0.2, 0) is 6.54 Å². The molecule has 7 nitrogen and oxygen atoms in total. The summed E-state index contributed by atoms with van der Waals surface area (Å²) in [6.07, 6.45) is 1.23. The molecule has 0 saturated heterocycles. The Hall–Kier alpha value is -3.26. The van der Waals surface area contributed by atoms with Crippen LogP contribution in [0, 0.1) is 10.1 Å². The number of nitrogens with one attached hydrogen (secondary N) is 1. The smallest absolute Gasteiger partial charge is 0.269 e. The van der Waals surface area contributed by atoms with Gasteiger partial charge in [0.1, 0.15) is 6.17 Å². The fraction of sp³-hybridized carbons (Fsp3) is 0.111. The van der Waals surface area contributed by atoms with E-state index in [1.807, 2.05) is 17.5 Å². The molecular formula is C18H14N4O3S. The first-order valence-corrected chi connectivity index (χ1v) is 8.81. The number of fused-ring (bicyclic) bond motifs is 1. The number of non-ortho nitro benzene ring substituents is 1. The molecule has 130 valence electrons. The van der Waals surface area contributed by atoms with Gasteiger partial charge in [-0.25, -0.2) is 0 Å². The van der Waals surface area contributed by atoms with E-state index in [9.17, 15) is 14.9 Å². The van der Waals surface area contributed by atoms with Crippen LogP contribution in [0.4, 0.5) is 11.4 Å². The predicted octanol–water partition coefficient (Wildman–Crippen LogP) is 3.82. The van der Waals surface area contributed by atoms with Crippen molar-refractivity contribution in [1.82, 2.24) is 9.88 Å². The molecule has 3 aromatic rings. The molecule has 2 aromatic heterocycles. The summed E-state index contributed by atoms with van der Waals surface area (Å²) in [6, 6.07) is 13.6. The van der Waals surface area contributed by atoms with Crippen molar-refractivity contribution < 1.29 is 9.72 Å². The summed E-state index contributed by atoms with van der Waals surface area (Å²) < 4.78 is 0. The number of aromatic nitrogens is 1. The molecule has 1 N–H and O–H groups in total. The fourth-order valence-corrected chi connectivity index (χ4v) is 3.66. The van der Waals surface area contributed by atoms with Crippen LogP contribution in [0.5, 0.6) is 0 Å². The number of rotatable bonds is 5. The Bertz CT molecular complexity index is 957. The van der Waals surface area contributed by atoms with Gasteiger partial charge >= 0.3 is 0 Å². The highest BCUT2D eigenvalue weighted by Crippen LogP contribution is 2.34. The van der Waals surface area contributed by atoms with Crippen molar-refractivity contribution >= 4 is 28.6 Å². The molecule has 1 aromatic carbocycles. The van der Waals surface area contributed by atoms with E-state index >= 15 is 0 Å². The highest BCUT2D eigenvalue weighted by Gasteiger charge is 2.38. The molecule has 0 bridgehead atoms. The highest BCUT2D eigenvalue weighted by atomic mass is 32.1. The van der Waals surface area contributed by atoms with Crippen LogP contribution in [0.15, 0.2) is 60.1 Å². The van der Waals surface area contributed by atoms with E-state index in [4.69, 9.17) is 0 Å². The lowest BCUT2D eigenvalue weighted by atomic mass is 10.2. The summed E-state index contributed by atoms with van der Waals surface area (Å²) in [7, 11) is 0. The summed E-state index contributed by atoms with van der Waals surface area (Å²) in [6.45, 7) is 0.470. The van der Waals surface area contributed by atoms with E-state index in [1.54, 1.807) is 46.7 Å². The average molecular weight is 366 g/mol. The molecule has 4 rings (SSSR count). The number of carbonyl (C=O) groups excluding carboxylic acids is 1. The second kappa shape index (κ2) is 6.57. The van der Waals surface area contributed by atoms with Gasteiger partial charge in [-0.1, -0.05) is 6.07 Å². The molecule has 0 radical (unpaired) electrons. The van der Waals surface area contributed by atoms with Crippen molar-refractivity contribution in [2.45, 2.75) is 12.7 Å². The molecule has 26 heavy (non-hydrogen) atoms. The van der Waals surface area contributed by atoms with Crippen LogP contribution in [-0.4, -0.2) is 20.7 Å². The number of thiophene rings is 1. The largest absolute Gasteiger partial charge is 0.360 e. The maximum Gasteiger partial charge on any atom is 0.269 e. The Labute approximate surface area is 153 Å². The number of carbonyl (C=O) groups is 1. The first-order valence-electron chi connectivity index (χ1n) is 7.93. The third-order valence-corrected chi connectivity index (χ3v) is 5.05. The third-order valence-electron chi connectivity index (χ3n) is 4.19. The number of hydrogen-bond acceptors (Lipinski definition) is 6. The standard InChI is InChI=1S/C18H14N4O3S/c23-18-15-4-1-9-19-16(15)17(21(18)11-14-3-2-10-26-14)20-12-5-7-13(8-6-12)22(24)25/h1-10,17,20H,11H2/t17-/m1/s1. The Morgan fingerprint density at radius 3 is 2.69 bits per heavy atom. The molecule has 0 unspecified atom stereocenters. The van der Waals surface area contributed by atoms with Gasteiger partial charge in [0.05, 0.1) is 22.7 Å². The van der Waals surface area contributed by atoms with Crippen molar-refractivity contribution in [3.8, 4) is 0 Å². The second-order valence-corrected chi connectivity index (χ2v) is 6.83. The van der Waals surface area contributed by atoms with Crippen molar-refractivity contribution in [3.05, 3.63) is 86.4 Å². The Morgan fingerprint density at radius 1 is 1.19 bits per heavy atom. The topological polar surface area (TPSA) is 88.4 Å². The summed E-state index contributed by atoms with van der Waals surface area (Å²) in [5.41, 5.74) is 1.94. The molecule has 0 aliphatic carbocycles. The molecular weight excluding hydrogens is 352 g/mol. The van der Waals surface area contributed by atoms with Gasteiger partial charge in [-0.05, 0) is 35.7 Å². The van der Waals surface area contributed by atoms with E-state index in [-0.39, 0.29) is 11.6 Å². The number of anilines is 1. The Balaban J connectivity index is 1.65. The molecule has 1 aliphatic heterocycles. The number of hydrogen-bond donors (Lipinski definition) is 1. The SMILES string of the molecule is O=C1c2cccnc2[C@H](Nc2ccc([N+](=O)[O-])cc2)N1Cc1cccs1. The number of benzene rings is 1. The zero-order valence-electron chi connectivity index (χ0n) is 13.5. The average Bonchev–Trinajstić information content (AvgIpc) is 3.25. The first-order chi connectivity index (χ1) is 12.6. The van der Waals surface area contributed by atoms with Gasteiger partial charge in [-0.2, -0.15) is 0 Å². The summed E-state index contributed by atoms with van der Waals surface area (Å²) in [4.78, 5) is 30.4. The minimum atomic E-state index is -0.442. The number of pyridine rings is 1. The Kier molecular flexibility index (Phi) is 4.10. The van der Waals surface area contributed by atoms with Crippen LogP contribution in [0.1, 0.15) is 27.1 Å². The van der Waals surface area contributed by atoms with Crippen LogP contribution in [0.25, 0.3) is 0 Å². The van der Waals surface area contributed by atoms with E-state index in [2.05, 4.69) is 10.3 Å². The molecule has 0 spiro atoms. The van der Waals surface area contributed by atoms with E-state index in [1.165, 1.54) is 12.1 Å². The van der Waals surface area contributed by atoms with Crippen molar-refractivity contribution in [2.75, 3.05) is 5.32 Å². The Morgan fingerprint density at radius 2 is 2.00 bits per heavy atom. The van der Waals surface area contributed by atoms with Gasteiger partial charge in [0, 0.05) is 28.9 Å². The molecule has 1 atom stereocenters. The van der Waals surface area contributed by atoms with E-state index < -0.39 is 11.1 Å². The fourth-order valence-electron chi connectivity index (χ4n) is 2.95. The number of nitrogens with zero attached hydrogens (tertiary/aromatic N) is 3. The zero-order valence-corrected chi connectivity index (χ0v) is 14.3. The lowest BCUT2D eigenvalue weighted by Crippen LogP contribution is -2.31. The van der Waals surface area contributed by atoms with Gasteiger partial charge < -0.3 is 10.2 Å². The molecule has 0 fully saturated rings. The van der Waals surface area contributed by atoms with Crippen LogP contribution < -0.4 is 5.32 Å². The monoisotopic (exact) mass is 366 g/mol. The molecule has 1 amide bonds. The molecule has 0 saturated carbocycles. The lowest BCUT2D eigenvalue weighted by Gasteiger charge is -2.26. The van der Waals surface area contributed by atoms with Crippen LogP contribution in [0.2, 0.25) is 0 Å². The maximum atomic E-state index is 12.8. The van der Waals surface area contributed by atoms with Crippen LogP contribution >= 0.6 is 11.3 Å². The predicted molar refractivity (Wildman–Crippen MR) is 97.9 cm³/mol. The zero-order chi connectivity index (χ0) is 18.1. The quantitative estimate of drug-likeness (QED) is 0.548. The summed E-state index contributed by atoms with van der Waals surface area (Å²) in [5, 5.41) is 16.1. The lowest BCUT2D eigenvalue weighted by molar-refractivity contribution is -0.384. The van der Waals surface area contributed by atoms with Crippen molar-refractivity contribution in [3.63, 3.8) is 0 Å². The van der Waals surface area contributed by atoms with Gasteiger partial charge in [0.2, 0.25) is 0 Å². The van der Waals surface area contributed by atoms with E-state index in [0.717, 1.165) is 4.88 Å². The first kappa shape index (κ1) is 16.2. The molecule has 1 aliphatic rings. The van der Waals surface area contributed by atoms with Crippen LogP contribution in [0.3, 0.4) is 0 Å². The minimum Gasteiger partial charge on any atom is -0.360 e. The second-order valence-electron chi connectivity index (χ2n) is 5.80. The van der Waals surface area contributed by atoms with Crippen molar-refractivity contribution in [2.24, 2.45) is 0 Å². The molecule has 8 heteroatoms. The van der Waals surface area contributed by atoms with Gasteiger partial charge in [0.15, 0.2) is 0 Å². The molecule has 3 heterocycles. The maximum absolute atomic E-state index is 12.8. The van der Waals surface area contributed by atoms with Crippen molar-refractivity contribution in [1.29, 1.82) is 0 Å². The van der Waals surface area contributed by atoms with Gasteiger partial charge in [0.25, 0.3) is 11.6 Å². The van der Waals surface area contributed by atoms with E-state index in [0.29, 0.717) is 23.5 Å². The number of amides is 1. The normalized spacial score (nSPS) is 15.8. The number of nitro groups is 1. The third kappa shape index (κ3) is 2.91. The summed E-state index contributed by atoms with van der Waals surface area (Å²) in [5.74, 6) is -0.0825.